The van der Waals surface area contributed by atoms with E-state index in [0.717, 1.165) is 22.6 Å². The summed E-state index contributed by atoms with van der Waals surface area (Å²) in [4.78, 5) is 0. The lowest BCUT2D eigenvalue weighted by Crippen LogP contribution is -2.15. The molecule has 3 nitrogen and oxygen atoms in total. The fraction of sp³-hybridized carbons (Fsp3) is 0.462. The van der Waals surface area contributed by atoms with Crippen molar-refractivity contribution in [2.45, 2.75) is 26.2 Å². The van der Waals surface area contributed by atoms with Crippen LogP contribution in [0.15, 0.2) is 12.1 Å². The van der Waals surface area contributed by atoms with Gasteiger partial charge in [0.15, 0.2) is 0 Å². The summed E-state index contributed by atoms with van der Waals surface area (Å²) in [5.41, 5.74) is 1.25. The van der Waals surface area contributed by atoms with Gasteiger partial charge in [0.2, 0.25) is 0 Å². The van der Waals surface area contributed by atoms with Gasteiger partial charge in [0, 0.05) is 5.56 Å². The number of aryl methyl sites for hydroxylation is 1. The van der Waals surface area contributed by atoms with Crippen molar-refractivity contribution < 1.29 is 9.47 Å². The van der Waals surface area contributed by atoms with E-state index in [1.807, 2.05) is 32.9 Å². The molecule has 0 radical (unpaired) electrons. The number of methoxy groups -OCH3 is 2. The molecule has 0 unspecified atom stereocenters. The molecule has 0 N–H and O–H groups in total. The fourth-order valence-electron chi connectivity index (χ4n) is 1.60. The zero-order valence-electron chi connectivity index (χ0n) is 10.4. The van der Waals surface area contributed by atoms with Crippen LogP contribution in [0.4, 0.5) is 0 Å². The molecule has 0 amide bonds. The van der Waals surface area contributed by atoms with Gasteiger partial charge in [0.25, 0.3) is 0 Å². The topological polar surface area (TPSA) is 42.2 Å². The van der Waals surface area contributed by atoms with E-state index >= 15 is 0 Å². The van der Waals surface area contributed by atoms with Crippen molar-refractivity contribution in [3.05, 3.63) is 23.3 Å². The van der Waals surface area contributed by atoms with E-state index < -0.39 is 5.41 Å². The minimum Gasteiger partial charge on any atom is -0.496 e. The van der Waals surface area contributed by atoms with E-state index in [1.165, 1.54) is 0 Å². The van der Waals surface area contributed by atoms with Crippen LogP contribution in [0.1, 0.15) is 25.0 Å². The number of rotatable bonds is 3. The molecule has 86 valence electrons. The van der Waals surface area contributed by atoms with Crippen LogP contribution in [0.2, 0.25) is 0 Å². The van der Waals surface area contributed by atoms with Gasteiger partial charge >= 0.3 is 0 Å². The molecule has 0 fully saturated rings. The van der Waals surface area contributed by atoms with E-state index in [-0.39, 0.29) is 0 Å². The molecule has 16 heavy (non-hydrogen) atoms. The lowest BCUT2D eigenvalue weighted by Gasteiger charge is -2.21. The highest BCUT2D eigenvalue weighted by Gasteiger charge is 2.25. The highest BCUT2D eigenvalue weighted by Crippen LogP contribution is 2.36. The Morgan fingerprint density at radius 1 is 1.12 bits per heavy atom. The van der Waals surface area contributed by atoms with Gasteiger partial charge in [0.1, 0.15) is 11.5 Å². The summed E-state index contributed by atoms with van der Waals surface area (Å²) >= 11 is 0. The highest BCUT2D eigenvalue weighted by molar-refractivity contribution is 5.50. The number of nitrogens with zero attached hydrogens (tertiary/aromatic N) is 1. The monoisotopic (exact) mass is 219 g/mol. The Bertz CT molecular complexity index is 430. The van der Waals surface area contributed by atoms with Crippen molar-refractivity contribution in [2.75, 3.05) is 14.2 Å². The van der Waals surface area contributed by atoms with Crippen LogP contribution in [0, 0.1) is 18.3 Å². The minimum absolute atomic E-state index is 0.591. The lowest BCUT2D eigenvalue weighted by atomic mass is 9.85. The average Bonchev–Trinajstić information content (AvgIpc) is 2.28. The van der Waals surface area contributed by atoms with Gasteiger partial charge in [-0.25, -0.2) is 0 Å². The Morgan fingerprint density at radius 2 is 1.69 bits per heavy atom. The highest BCUT2D eigenvalue weighted by atomic mass is 16.5. The van der Waals surface area contributed by atoms with Crippen LogP contribution in [0.5, 0.6) is 11.5 Å². The maximum absolute atomic E-state index is 9.15. The maximum atomic E-state index is 9.15. The van der Waals surface area contributed by atoms with E-state index in [9.17, 15) is 0 Å². The Kier molecular flexibility index (Phi) is 3.44. The predicted octanol–water partition coefficient (Wildman–Crippen LogP) is 2.81. The maximum Gasteiger partial charge on any atom is 0.124 e. The first-order valence-corrected chi connectivity index (χ1v) is 5.10. The first-order valence-electron chi connectivity index (χ1n) is 5.10. The molecule has 0 saturated carbocycles. The van der Waals surface area contributed by atoms with Crippen molar-refractivity contribution in [1.82, 2.24) is 0 Å². The second kappa shape index (κ2) is 4.44. The molecule has 0 aliphatic rings. The van der Waals surface area contributed by atoms with Crippen LogP contribution >= 0.6 is 0 Å². The van der Waals surface area contributed by atoms with Gasteiger partial charge in [-0.15, -0.1) is 0 Å². The zero-order valence-corrected chi connectivity index (χ0v) is 10.4. The standard InChI is InChI=1S/C13H17NO2/c1-9-6-12(16-5)10(7-11(9)15-4)13(2,3)8-14/h6-7H,1-5H3. The number of benzene rings is 1. The molecule has 0 aliphatic heterocycles. The molecule has 3 heteroatoms. The smallest absolute Gasteiger partial charge is 0.124 e. The molecule has 0 saturated heterocycles. The van der Waals surface area contributed by atoms with Crippen molar-refractivity contribution in [3.8, 4) is 17.6 Å². The van der Waals surface area contributed by atoms with Gasteiger partial charge in [-0.1, -0.05) is 0 Å². The molecular formula is C13H17NO2. The molecule has 0 aliphatic carbocycles. The molecule has 0 aromatic heterocycles. The second-order valence-electron chi connectivity index (χ2n) is 4.26. The third-order valence-corrected chi connectivity index (χ3v) is 2.67. The average molecular weight is 219 g/mol. The van der Waals surface area contributed by atoms with Crippen molar-refractivity contribution in [3.63, 3.8) is 0 Å². The van der Waals surface area contributed by atoms with Crippen molar-refractivity contribution >= 4 is 0 Å². The van der Waals surface area contributed by atoms with Crippen LogP contribution in [0.25, 0.3) is 0 Å². The van der Waals surface area contributed by atoms with Crippen LogP contribution in [-0.2, 0) is 5.41 Å². The van der Waals surface area contributed by atoms with Gasteiger partial charge < -0.3 is 9.47 Å². The Hall–Kier alpha value is -1.69. The number of hydrogen-bond acceptors (Lipinski definition) is 3. The quantitative estimate of drug-likeness (QED) is 0.785. The van der Waals surface area contributed by atoms with E-state index in [1.54, 1.807) is 14.2 Å². The second-order valence-corrected chi connectivity index (χ2v) is 4.26. The Labute approximate surface area is 96.6 Å². The largest absolute Gasteiger partial charge is 0.496 e. The zero-order chi connectivity index (χ0) is 12.3. The molecule has 1 aromatic carbocycles. The fourth-order valence-corrected chi connectivity index (χ4v) is 1.60. The van der Waals surface area contributed by atoms with Crippen molar-refractivity contribution in [2.24, 2.45) is 0 Å². The van der Waals surface area contributed by atoms with Gasteiger partial charge in [0.05, 0.1) is 25.7 Å². The van der Waals surface area contributed by atoms with Crippen LogP contribution < -0.4 is 9.47 Å². The summed E-state index contributed by atoms with van der Waals surface area (Å²) in [7, 11) is 3.23. The molecule has 0 heterocycles. The molecule has 0 spiro atoms. The Balaban J connectivity index is 3.43. The first-order chi connectivity index (χ1) is 7.46. The van der Waals surface area contributed by atoms with Gasteiger partial charge in [-0.3, -0.25) is 0 Å². The lowest BCUT2D eigenvalue weighted by molar-refractivity contribution is 0.390. The SMILES string of the molecule is COc1cc(C(C)(C)C#N)c(OC)cc1C. The third kappa shape index (κ3) is 2.11. The summed E-state index contributed by atoms with van der Waals surface area (Å²) in [6.07, 6.45) is 0. The molecule has 0 bridgehead atoms. The predicted molar refractivity (Wildman–Crippen MR) is 62.9 cm³/mol. The summed E-state index contributed by atoms with van der Waals surface area (Å²) in [5.74, 6) is 1.50. The minimum atomic E-state index is -0.591. The van der Waals surface area contributed by atoms with E-state index in [0.29, 0.717) is 0 Å². The van der Waals surface area contributed by atoms with Crippen molar-refractivity contribution in [1.29, 1.82) is 5.26 Å². The first kappa shape index (κ1) is 12.4. The number of ether oxygens (including phenoxy) is 2. The summed E-state index contributed by atoms with van der Waals surface area (Å²) < 4.78 is 10.6. The van der Waals surface area contributed by atoms with Crippen LogP contribution in [0.3, 0.4) is 0 Å². The van der Waals surface area contributed by atoms with Gasteiger partial charge in [-0.05, 0) is 38.5 Å². The number of hydrogen-bond donors (Lipinski definition) is 0. The molecule has 1 aromatic rings. The number of nitriles is 1. The van der Waals surface area contributed by atoms with Gasteiger partial charge in [-0.2, -0.15) is 5.26 Å². The third-order valence-electron chi connectivity index (χ3n) is 2.67. The van der Waals surface area contributed by atoms with Crippen LogP contribution in [-0.4, -0.2) is 14.2 Å². The molecular weight excluding hydrogens is 202 g/mol. The summed E-state index contributed by atoms with van der Waals surface area (Å²) in [5, 5.41) is 9.15. The normalized spacial score (nSPS) is 10.8. The summed E-state index contributed by atoms with van der Waals surface area (Å²) in [6.45, 7) is 5.67. The molecule has 1 rings (SSSR count). The summed E-state index contributed by atoms with van der Waals surface area (Å²) in [6, 6.07) is 6.04. The Morgan fingerprint density at radius 3 is 2.12 bits per heavy atom. The molecule has 0 atom stereocenters. The van der Waals surface area contributed by atoms with E-state index in [2.05, 4.69) is 6.07 Å². The van der Waals surface area contributed by atoms with E-state index in [4.69, 9.17) is 14.7 Å².